The SMILES string of the molecule is CN(Cc1ccco1)C(=O)CN1CCN(CC(=O)NCc2ccccc2)CC1. The maximum atomic E-state index is 12.4. The third kappa shape index (κ3) is 6.21. The molecule has 1 aromatic heterocycles. The van der Waals surface area contributed by atoms with Gasteiger partial charge in [-0.25, -0.2) is 0 Å². The van der Waals surface area contributed by atoms with Crippen molar-refractivity contribution in [1.29, 1.82) is 0 Å². The third-order valence-electron chi connectivity index (χ3n) is 4.92. The van der Waals surface area contributed by atoms with Gasteiger partial charge in [-0.1, -0.05) is 30.3 Å². The third-order valence-corrected chi connectivity index (χ3v) is 4.92. The zero-order chi connectivity index (χ0) is 19.8. The monoisotopic (exact) mass is 384 g/mol. The first-order valence-electron chi connectivity index (χ1n) is 9.62. The van der Waals surface area contributed by atoms with Crippen LogP contribution in [-0.4, -0.2) is 72.8 Å². The van der Waals surface area contributed by atoms with Crippen LogP contribution in [-0.2, 0) is 22.7 Å². The van der Waals surface area contributed by atoms with Crippen LogP contribution in [0.3, 0.4) is 0 Å². The smallest absolute Gasteiger partial charge is 0.236 e. The van der Waals surface area contributed by atoms with E-state index in [1.54, 1.807) is 18.2 Å². The van der Waals surface area contributed by atoms with Crippen molar-refractivity contribution in [1.82, 2.24) is 20.0 Å². The first-order valence-corrected chi connectivity index (χ1v) is 9.62. The number of carbonyl (C=O) groups excluding carboxylic acids is 2. The van der Waals surface area contributed by atoms with Gasteiger partial charge in [0.25, 0.3) is 0 Å². The molecule has 1 fully saturated rings. The fraction of sp³-hybridized carbons (Fsp3) is 0.429. The maximum Gasteiger partial charge on any atom is 0.236 e. The summed E-state index contributed by atoms with van der Waals surface area (Å²) in [7, 11) is 1.79. The van der Waals surface area contributed by atoms with Crippen molar-refractivity contribution in [3.05, 3.63) is 60.1 Å². The Bertz CT molecular complexity index is 740. The fourth-order valence-electron chi connectivity index (χ4n) is 3.20. The van der Waals surface area contributed by atoms with Gasteiger partial charge in [0.05, 0.1) is 25.9 Å². The van der Waals surface area contributed by atoms with E-state index in [4.69, 9.17) is 4.42 Å². The summed E-state index contributed by atoms with van der Waals surface area (Å²) >= 11 is 0. The van der Waals surface area contributed by atoms with Crippen LogP contribution >= 0.6 is 0 Å². The molecule has 0 bridgehead atoms. The number of likely N-dealkylation sites (N-methyl/N-ethyl adjacent to an activating group) is 1. The number of furan rings is 1. The van der Waals surface area contributed by atoms with Crippen molar-refractivity contribution in [2.24, 2.45) is 0 Å². The minimum Gasteiger partial charge on any atom is -0.467 e. The fourth-order valence-corrected chi connectivity index (χ4v) is 3.20. The molecule has 7 nitrogen and oxygen atoms in total. The molecule has 7 heteroatoms. The lowest BCUT2D eigenvalue weighted by Gasteiger charge is -2.34. The Morgan fingerprint density at radius 2 is 1.68 bits per heavy atom. The highest BCUT2D eigenvalue weighted by Gasteiger charge is 2.22. The normalized spacial score (nSPS) is 15.3. The predicted octanol–water partition coefficient (Wildman–Crippen LogP) is 1.17. The van der Waals surface area contributed by atoms with Crippen molar-refractivity contribution in [3.8, 4) is 0 Å². The Morgan fingerprint density at radius 3 is 2.32 bits per heavy atom. The van der Waals surface area contributed by atoms with Crippen LogP contribution in [0.25, 0.3) is 0 Å². The maximum absolute atomic E-state index is 12.4. The first-order chi connectivity index (χ1) is 13.6. The van der Waals surface area contributed by atoms with Crippen molar-refractivity contribution >= 4 is 11.8 Å². The van der Waals surface area contributed by atoms with Gasteiger partial charge in [0, 0.05) is 39.8 Å². The van der Waals surface area contributed by atoms with E-state index in [2.05, 4.69) is 15.1 Å². The predicted molar refractivity (Wildman–Crippen MR) is 106 cm³/mol. The van der Waals surface area contributed by atoms with Crippen molar-refractivity contribution in [2.75, 3.05) is 46.3 Å². The molecular weight excluding hydrogens is 356 g/mol. The summed E-state index contributed by atoms with van der Waals surface area (Å²) in [4.78, 5) is 30.5. The van der Waals surface area contributed by atoms with E-state index in [9.17, 15) is 9.59 Å². The number of rotatable bonds is 8. The summed E-state index contributed by atoms with van der Waals surface area (Å²) in [6, 6.07) is 13.6. The number of benzene rings is 1. The number of carbonyl (C=O) groups is 2. The summed E-state index contributed by atoms with van der Waals surface area (Å²) in [5, 5.41) is 2.96. The number of hydrogen-bond donors (Lipinski definition) is 1. The number of nitrogens with one attached hydrogen (secondary N) is 1. The van der Waals surface area contributed by atoms with Crippen LogP contribution in [0.1, 0.15) is 11.3 Å². The number of nitrogens with zero attached hydrogens (tertiary/aromatic N) is 3. The molecule has 150 valence electrons. The van der Waals surface area contributed by atoms with Gasteiger partial charge in [0.15, 0.2) is 0 Å². The standard InChI is InChI=1S/C21H28N4O3/c1-23(15-19-8-5-13-28-19)21(27)17-25-11-9-24(10-12-25)16-20(26)22-14-18-6-3-2-4-7-18/h2-8,13H,9-12,14-17H2,1H3,(H,22,26). The van der Waals surface area contributed by atoms with E-state index in [-0.39, 0.29) is 11.8 Å². The molecule has 0 spiro atoms. The van der Waals surface area contributed by atoms with Gasteiger partial charge in [-0.15, -0.1) is 0 Å². The molecule has 1 N–H and O–H groups in total. The second-order valence-corrected chi connectivity index (χ2v) is 7.14. The molecule has 1 aliphatic rings. The highest BCUT2D eigenvalue weighted by molar-refractivity contribution is 5.78. The first kappa shape index (κ1) is 20.1. The van der Waals surface area contributed by atoms with E-state index in [0.29, 0.717) is 26.2 Å². The summed E-state index contributed by atoms with van der Waals surface area (Å²) < 4.78 is 5.29. The molecule has 28 heavy (non-hydrogen) atoms. The Balaban J connectivity index is 1.33. The van der Waals surface area contributed by atoms with E-state index in [0.717, 1.165) is 37.5 Å². The van der Waals surface area contributed by atoms with Crippen molar-refractivity contribution in [2.45, 2.75) is 13.1 Å². The number of piperazine rings is 1. The molecule has 2 amide bonds. The van der Waals surface area contributed by atoms with Gasteiger partial charge in [-0.05, 0) is 17.7 Å². The molecule has 1 aliphatic heterocycles. The lowest BCUT2D eigenvalue weighted by molar-refractivity contribution is -0.132. The minimum atomic E-state index is 0.0339. The van der Waals surface area contributed by atoms with E-state index >= 15 is 0 Å². The quantitative estimate of drug-likeness (QED) is 0.740. The average Bonchev–Trinajstić information content (AvgIpc) is 3.21. The molecule has 1 aromatic carbocycles. The average molecular weight is 384 g/mol. The lowest BCUT2D eigenvalue weighted by Crippen LogP contribution is -2.51. The molecule has 0 unspecified atom stereocenters. The van der Waals surface area contributed by atoms with Gasteiger partial charge >= 0.3 is 0 Å². The van der Waals surface area contributed by atoms with Crippen molar-refractivity contribution < 1.29 is 14.0 Å². The van der Waals surface area contributed by atoms with Gasteiger partial charge in [-0.2, -0.15) is 0 Å². The highest BCUT2D eigenvalue weighted by Crippen LogP contribution is 2.06. The molecule has 2 aromatic rings. The molecule has 0 aliphatic carbocycles. The Kier molecular flexibility index (Phi) is 7.22. The highest BCUT2D eigenvalue weighted by atomic mass is 16.3. The zero-order valence-corrected chi connectivity index (χ0v) is 16.3. The van der Waals surface area contributed by atoms with Gasteiger partial charge in [0.1, 0.15) is 5.76 Å². The van der Waals surface area contributed by atoms with Gasteiger partial charge in [-0.3, -0.25) is 19.4 Å². The van der Waals surface area contributed by atoms with Crippen LogP contribution in [0.15, 0.2) is 53.1 Å². The van der Waals surface area contributed by atoms with E-state index < -0.39 is 0 Å². The molecular formula is C21H28N4O3. The lowest BCUT2D eigenvalue weighted by atomic mass is 10.2. The Labute approximate surface area is 165 Å². The van der Waals surface area contributed by atoms with E-state index in [1.165, 1.54) is 0 Å². The van der Waals surface area contributed by atoms with Crippen LogP contribution in [0.2, 0.25) is 0 Å². The topological polar surface area (TPSA) is 69.0 Å². The Morgan fingerprint density at radius 1 is 1.00 bits per heavy atom. The molecule has 0 saturated carbocycles. The molecule has 0 atom stereocenters. The number of amides is 2. The van der Waals surface area contributed by atoms with Crippen LogP contribution < -0.4 is 5.32 Å². The molecule has 2 heterocycles. The second-order valence-electron chi connectivity index (χ2n) is 7.14. The second kappa shape index (κ2) is 10.1. The van der Waals surface area contributed by atoms with Crippen molar-refractivity contribution in [3.63, 3.8) is 0 Å². The Hall–Kier alpha value is -2.64. The summed E-state index contributed by atoms with van der Waals surface area (Å²) in [5.41, 5.74) is 1.10. The minimum absolute atomic E-state index is 0.0339. The summed E-state index contributed by atoms with van der Waals surface area (Å²) in [6.07, 6.45) is 1.61. The zero-order valence-electron chi connectivity index (χ0n) is 16.3. The molecule has 0 radical (unpaired) electrons. The van der Waals surface area contributed by atoms with E-state index in [1.807, 2.05) is 42.5 Å². The van der Waals surface area contributed by atoms with Crippen LogP contribution in [0.5, 0.6) is 0 Å². The summed E-state index contributed by atoms with van der Waals surface area (Å²) in [6.45, 7) is 4.96. The molecule has 3 rings (SSSR count). The van der Waals surface area contributed by atoms with Gasteiger partial charge < -0.3 is 14.6 Å². The van der Waals surface area contributed by atoms with Crippen LogP contribution in [0.4, 0.5) is 0 Å². The molecule has 1 saturated heterocycles. The largest absolute Gasteiger partial charge is 0.467 e. The van der Waals surface area contributed by atoms with Crippen LogP contribution in [0, 0.1) is 0 Å². The number of hydrogen-bond acceptors (Lipinski definition) is 5. The summed E-state index contributed by atoms with van der Waals surface area (Å²) in [5.74, 6) is 0.888. The van der Waals surface area contributed by atoms with Gasteiger partial charge in [0.2, 0.25) is 11.8 Å².